The highest BCUT2D eigenvalue weighted by Gasteiger charge is 2.25. The molecule has 33 heavy (non-hydrogen) atoms. The zero-order valence-corrected chi connectivity index (χ0v) is 20.0. The molecule has 1 amide bonds. The number of carbonyl (C=O) groups excluding carboxylic acids is 1. The highest BCUT2D eigenvalue weighted by atomic mass is 16.1. The van der Waals surface area contributed by atoms with Crippen molar-refractivity contribution in [3.8, 4) is 22.5 Å². The van der Waals surface area contributed by atoms with Gasteiger partial charge in [0.25, 0.3) is 0 Å². The fraction of sp³-hybridized carbons (Fsp3) is 0.462. The topological polar surface area (TPSA) is 86.8 Å². The number of nitrogens with zero attached hydrogens (tertiary/aromatic N) is 4. The Morgan fingerprint density at radius 2 is 1.76 bits per heavy atom. The van der Waals surface area contributed by atoms with Crippen molar-refractivity contribution in [2.24, 2.45) is 17.8 Å². The second-order valence-electron chi connectivity index (χ2n) is 9.92. The minimum Gasteiger partial charge on any atom is -0.369 e. The van der Waals surface area contributed by atoms with E-state index in [4.69, 9.17) is 0 Å². The number of H-pyrrole nitrogens is 1. The minimum atomic E-state index is 0.0951. The Morgan fingerprint density at radius 1 is 1.06 bits per heavy atom. The van der Waals surface area contributed by atoms with Crippen molar-refractivity contribution < 1.29 is 4.79 Å². The van der Waals surface area contributed by atoms with Crippen LogP contribution in [0.2, 0.25) is 0 Å². The maximum Gasteiger partial charge on any atom is 0.224 e. The first-order valence-electron chi connectivity index (χ1n) is 11.9. The number of hydrogen-bond acceptors (Lipinski definition) is 5. The van der Waals surface area contributed by atoms with Crippen molar-refractivity contribution in [3.63, 3.8) is 0 Å². The predicted octanol–water partition coefficient (Wildman–Crippen LogP) is 5.39. The Morgan fingerprint density at radius 3 is 2.36 bits per heavy atom. The fourth-order valence-corrected chi connectivity index (χ4v) is 4.23. The van der Waals surface area contributed by atoms with E-state index in [-0.39, 0.29) is 5.91 Å². The van der Waals surface area contributed by atoms with Gasteiger partial charge in [0.1, 0.15) is 0 Å². The van der Waals surface area contributed by atoms with E-state index in [9.17, 15) is 4.79 Å². The zero-order valence-electron chi connectivity index (χ0n) is 20.0. The molecule has 0 atom stereocenters. The van der Waals surface area contributed by atoms with Crippen molar-refractivity contribution in [1.29, 1.82) is 0 Å². The summed E-state index contributed by atoms with van der Waals surface area (Å²) in [5.74, 6) is 2.28. The smallest absolute Gasteiger partial charge is 0.224 e. The second kappa shape index (κ2) is 10.1. The van der Waals surface area contributed by atoms with Gasteiger partial charge in [-0.2, -0.15) is 0 Å². The number of anilines is 2. The third kappa shape index (κ3) is 5.97. The van der Waals surface area contributed by atoms with Crippen LogP contribution in [0.5, 0.6) is 0 Å². The Balaban J connectivity index is 1.74. The Hall–Kier alpha value is -3.22. The molecule has 7 nitrogen and oxygen atoms in total. The molecule has 2 N–H and O–H groups in total. The first-order valence-corrected chi connectivity index (χ1v) is 11.9. The van der Waals surface area contributed by atoms with E-state index in [0.29, 0.717) is 30.0 Å². The molecule has 174 valence electrons. The van der Waals surface area contributed by atoms with Gasteiger partial charge in [0, 0.05) is 25.1 Å². The summed E-state index contributed by atoms with van der Waals surface area (Å²) in [6.45, 7) is 10.8. The number of hydrogen-bond donors (Lipinski definition) is 2. The summed E-state index contributed by atoms with van der Waals surface area (Å²) in [5, 5.41) is 17.7. The molecule has 2 aromatic carbocycles. The van der Waals surface area contributed by atoms with Gasteiger partial charge in [-0.15, -0.1) is 5.10 Å². The Labute approximate surface area is 196 Å². The molecule has 1 aliphatic rings. The van der Waals surface area contributed by atoms with Crippen molar-refractivity contribution >= 4 is 17.3 Å². The number of tetrazole rings is 1. The van der Waals surface area contributed by atoms with Gasteiger partial charge in [0.2, 0.25) is 5.91 Å². The summed E-state index contributed by atoms with van der Waals surface area (Å²) in [6.07, 6.45) is 2.91. The maximum atomic E-state index is 12.8. The number of carbonyl (C=O) groups is 1. The number of benzene rings is 2. The second-order valence-corrected chi connectivity index (χ2v) is 9.92. The standard InChI is InChI=1S/C26H34N6O/c1-17(2)15-32(16-18(3)4)24-12-11-20(14-23(24)27-25(33)13-19-9-10-19)21-7-5-6-8-22(21)26-28-30-31-29-26/h5-8,11-12,14,17-19H,9-10,13,15-16H2,1-4H3,(H,27,33)(H,28,29,30,31). The average molecular weight is 447 g/mol. The van der Waals surface area contributed by atoms with E-state index >= 15 is 0 Å². The molecule has 0 spiro atoms. The van der Waals surface area contributed by atoms with Gasteiger partial charge in [0.15, 0.2) is 5.82 Å². The Kier molecular flexibility index (Phi) is 7.06. The molecule has 1 aliphatic carbocycles. The van der Waals surface area contributed by atoms with Crippen LogP contribution >= 0.6 is 0 Å². The van der Waals surface area contributed by atoms with Gasteiger partial charge in [0.05, 0.1) is 11.4 Å². The molecule has 0 unspecified atom stereocenters. The normalized spacial score (nSPS) is 13.5. The van der Waals surface area contributed by atoms with Crippen LogP contribution in [0.1, 0.15) is 47.0 Å². The molecule has 1 saturated carbocycles. The van der Waals surface area contributed by atoms with Crippen LogP contribution in [-0.2, 0) is 4.79 Å². The summed E-state index contributed by atoms with van der Waals surface area (Å²) < 4.78 is 0. The zero-order chi connectivity index (χ0) is 23.4. The lowest BCUT2D eigenvalue weighted by atomic mass is 9.97. The van der Waals surface area contributed by atoms with E-state index in [2.05, 4.69) is 82.8 Å². The van der Waals surface area contributed by atoms with Crippen LogP contribution in [0.4, 0.5) is 11.4 Å². The number of aromatic nitrogens is 4. The van der Waals surface area contributed by atoms with Gasteiger partial charge in [-0.3, -0.25) is 4.79 Å². The van der Waals surface area contributed by atoms with Gasteiger partial charge >= 0.3 is 0 Å². The highest BCUT2D eigenvalue weighted by Crippen LogP contribution is 2.37. The lowest BCUT2D eigenvalue weighted by Crippen LogP contribution is -2.32. The Bertz CT molecular complexity index is 1060. The molecule has 7 heteroatoms. The monoisotopic (exact) mass is 446 g/mol. The van der Waals surface area contributed by atoms with E-state index in [1.807, 2.05) is 18.2 Å². The quantitative estimate of drug-likeness (QED) is 0.436. The van der Waals surface area contributed by atoms with Crippen molar-refractivity contribution in [3.05, 3.63) is 42.5 Å². The van der Waals surface area contributed by atoms with E-state index in [0.717, 1.165) is 54.0 Å². The molecule has 1 heterocycles. The van der Waals surface area contributed by atoms with Gasteiger partial charge in [-0.05, 0) is 64.3 Å². The molecule has 0 radical (unpaired) electrons. The maximum absolute atomic E-state index is 12.8. The summed E-state index contributed by atoms with van der Waals surface area (Å²) in [4.78, 5) is 15.2. The van der Waals surface area contributed by atoms with Gasteiger partial charge in [-0.25, -0.2) is 5.10 Å². The highest BCUT2D eigenvalue weighted by molar-refractivity contribution is 5.96. The fourth-order valence-electron chi connectivity index (χ4n) is 4.23. The minimum absolute atomic E-state index is 0.0951. The molecular weight excluding hydrogens is 412 g/mol. The van der Waals surface area contributed by atoms with E-state index in [1.165, 1.54) is 0 Å². The number of amides is 1. The number of aromatic amines is 1. The SMILES string of the molecule is CC(C)CN(CC(C)C)c1ccc(-c2ccccc2-c2nnn[nH]2)cc1NC(=O)CC1CC1. The molecule has 0 bridgehead atoms. The summed E-state index contributed by atoms with van der Waals surface area (Å²) in [6, 6.07) is 14.4. The number of nitrogens with one attached hydrogen (secondary N) is 2. The summed E-state index contributed by atoms with van der Waals surface area (Å²) in [5.41, 5.74) is 4.89. The van der Waals surface area contributed by atoms with Crippen LogP contribution in [0.25, 0.3) is 22.5 Å². The van der Waals surface area contributed by atoms with Crippen LogP contribution in [0.15, 0.2) is 42.5 Å². The lowest BCUT2D eigenvalue weighted by molar-refractivity contribution is -0.116. The van der Waals surface area contributed by atoms with Crippen molar-refractivity contribution in [1.82, 2.24) is 20.6 Å². The summed E-state index contributed by atoms with van der Waals surface area (Å²) >= 11 is 0. The van der Waals surface area contributed by atoms with Gasteiger partial charge < -0.3 is 10.2 Å². The van der Waals surface area contributed by atoms with Crippen LogP contribution in [0, 0.1) is 17.8 Å². The molecule has 0 aliphatic heterocycles. The predicted molar refractivity (Wildman–Crippen MR) is 133 cm³/mol. The van der Waals surface area contributed by atoms with E-state index in [1.54, 1.807) is 0 Å². The van der Waals surface area contributed by atoms with Crippen molar-refractivity contribution in [2.45, 2.75) is 47.0 Å². The van der Waals surface area contributed by atoms with Gasteiger partial charge in [-0.1, -0.05) is 58.0 Å². The average Bonchev–Trinajstić information content (AvgIpc) is 3.40. The van der Waals surface area contributed by atoms with E-state index < -0.39 is 0 Å². The molecule has 1 aromatic heterocycles. The molecule has 3 aromatic rings. The third-order valence-corrected chi connectivity index (χ3v) is 5.79. The number of rotatable bonds is 10. The molecule has 4 rings (SSSR count). The third-order valence-electron chi connectivity index (χ3n) is 5.79. The van der Waals surface area contributed by atoms with Crippen LogP contribution in [-0.4, -0.2) is 39.6 Å². The molecule has 1 fully saturated rings. The van der Waals surface area contributed by atoms with Crippen LogP contribution < -0.4 is 10.2 Å². The first-order chi connectivity index (χ1) is 15.9. The van der Waals surface area contributed by atoms with Crippen LogP contribution in [0.3, 0.4) is 0 Å². The molecular formula is C26H34N6O. The lowest BCUT2D eigenvalue weighted by Gasteiger charge is -2.31. The summed E-state index contributed by atoms with van der Waals surface area (Å²) in [7, 11) is 0. The van der Waals surface area contributed by atoms with Crippen molar-refractivity contribution in [2.75, 3.05) is 23.3 Å². The largest absolute Gasteiger partial charge is 0.369 e. The molecule has 0 saturated heterocycles. The first kappa shape index (κ1) is 23.0.